The number of nitrogens with zero attached hydrogens (tertiary/aromatic N) is 1. The minimum Gasteiger partial charge on any atom is -0.368 e. The van der Waals surface area contributed by atoms with Crippen LogP contribution in [0.25, 0.3) is 0 Å². The first-order chi connectivity index (χ1) is 10.1. The van der Waals surface area contributed by atoms with Gasteiger partial charge in [-0.15, -0.1) is 0 Å². The highest BCUT2D eigenvalue weighted by Crippen LogP contribution is 2.16. The monoisotopic (exact) mass is 293 g/mol. The van der Waals surface area contributed by atoms with Crippen LogP contribution in [-0.4, -0.2) is 35.8 Å². The summed E-state index contributed by atoms with van der Waals surface area (Å²) in [6.07, 6.45) is 2.58. The Morgan fingerprint density at radius 1 is 1.33 bits per heavy atom. The molecule has 1 saturated heterocycles. The lowest BCUT2D eigenvalue weighted by molar-refractivity contribution is -0.128. The van der Waals surface area contributed by atoms with E-state index in [-0.39, 0.29) is 30.9 Å². The molecule has 0 unspecified atom stereocenters. The van der Waals surface area contributed by atoms with Crippen LogP contribution in [-0.2, 0) is 16.1 Å². The van der Waals surface area contributed by atoms with Gasteiger partial charge in [0.2, 0.25) is 11.8 Å². The molecular weight excluding hydrogens is 273 g/mol. The Bertz CT molecular complexity index is 521. The standard InChI is InChI=1S/C15H20FN3O2/c16-12-6-2-1-5-11(12)9-18-14(20)10-19-8-4-3-7-13(19)15(17)21/h1-2,5-6,13H,3-4,7-10H2,(H2,17,21)(H,18,20)/t13-/m0/s1. The highest BCUT2D eigenvalue weighted by molar-refractivity contribution is 5.82. The predicted octanol–water partition coefficient (Wildman–Crippen LogP) is 0.782. The van der Waals surface area contributed by atoms with Crippen molar-refractivity contribution in [1.29, 1.82) is 0 Å². The summed E-state index contributed by atoms with van der Waals surface area (Å²) in [6.45, 7) is 0.934. The van der Waals surface area contributed by atoms with Gasteiger partial charge in [-0.05, 0) is 25.5 Å². The molecule has 1 aliphatic rings. The molecule has 0 aliphatic carbocycles. The van der Waals surface area contributed by atoms with Crippen molar-refractivity contribution in [3.63, 3.8) is 0 Å². The Balaban J connectivity index is 1.86. The molecule has 0 aromatic heterocycles. The molecule has 1 atom stereocenters. The van der Waals surface area contributed by atoms with E-state index in [1.807, 2.05) is 0 Å². The molecule has 0 saturated carbocycles. The lowest BCUT2D eigenvalue weighted by Crippen LogP contribution is -2.51. The minimum atomic E-state index is -0.392. The number of piperidine rings is 1. The lowest BCUT2D eigenvalue weighted by atomic mass is 10.0. The summed E-state index contributed by atoms with van der Waals surface area (Å²) in [5, 5.41) is 2.67. The average Bonchev–Trinajstić information content (AvgIpc) is 2.47. The molecule has 2 rings (SSSR count). The number of carbonyl (C=O) groups excluding carboxylic acids is 2. The third kappa shape index (κ3) is 4.26. The molecule has 1 aliphatic heterocycles. The molecule has 2 amide bonds. The van der Waals surface area contributed by atoms with Crippen LogP contribution in [0.15, 0.2) is 24.3 Å². The number of nitrogens with one attached hydrogen (secondary N) is 1. The lowest BCUT2D eigenvalue weighted by Gasteiger charge is -2.32. The van der Waals surface area contributed by atoms with E-state index in [9.17, 15) is 14.0 Å². The van der Waals surface area contributed by atoms with E-state index in [0.29, 0.717) is 18.5 Å². The van der Waals surface area contributed by atoms with Crippen LogP contribution in [0.1, 0.15) is 24.8 Å². The van der Waals surface area contributed by atoms with Gasteiger partial charge in [-0.3, -0.25) is 14.5 Å². The van der Waals surface area contributed by atoms with Crippen LogP contribution in [0.4, 0.5) is 4.39 Å². The van der Waals surface area contributed by atoms with Crippen LogP contribution in [0, 0.1) is 5.82 Å². The average molecular weight is 293 g/mol. The highest BCUT2D eigenvalue weighted by atomic mass is 19.1. The van der Waals surface area contributed by atoms with Gasteiger partial charge in [-0.1, -0.05) is 24.6 Å². The van der Waals surface area contributed by atoms with Crippen LogP contribution < -0.4 is 11.1 Å². The van der Waals surface area contributed by atoms with Crippen molar-refractivity contribution in [2.24, 2.45) is 5.73 Å². The van der Waals surface area contributed by atoms with Gasteiger partial charge >= 0.3 is 0 Å². The third-order valence-electron chi connectivity index (χ3n) is 3.72. The first kappa shape index (κ1) is 15.4. The fourth-order valence-electron chi connectivity index (χ4n) is 2.58. The second-order valence-electron chi connectivity index (χ2n) is 5.25. The Morgan fingerprint density at radius 3 is 2.81 bits per heavy atom. The summed E-state index contributed by atoms with van der Waals surface area (Å²) >= 11 is 0. The molecule has 1 fully saturated rings. The van der Waals surface area contributed by atoms with E-state index in [0.717, 1.165) is 12.8 Å². The van der Waals surface area contributed by atoms with E-state index in [2.05, 4.69) is 5.32 Å². The van der Waals surface area contributed by atoms with Crippen molar-refractivity contribution in [3.05, 3.63) is 35.6 Å². The van der Waals surface area contributed by atoms with E-state index in [1.54, 1.807) is 23.1 Å². The summed E-state index contributed by atoms with van der Waals surface area (Å²) < 4.78 is 13.4. The Kier molecular flexibility index (Phi) is 5.27. The smallest absolute Gasteiger partial charge is 0.234 e. The Labute approximate surface area is 123 Å². The SMILES string of the molecule is NC(=O)[C@@H]1CCCCN1CC(=O)NCc1ccccc1F. The molecule has 6 heteroatoms. The van der Waals surface area contributed by atoms with Crippen molar-refractivity contribution in [1.82, 2.24) is 10.2 Å². The second-order valence-corrected chi connectivity index (χ2v) is 5.25. The van der Waals surface area contributed by atoms with Crippen molar-refractivity contribution < 1.29 is 14.0 Å². The van der Waals surface area contributed by atoms with Gasteiger partial charge < -0.3 is 11.1 Å². The number of hydrogen-bond acceptors (Lipinski definition) is 3. The summed E-state index contributed by atoms with van der Waals surface area (Å²) in [4.78, 5) is 25.1. The number of likely N-dealkylation sites (tertiary alicyclic amines) is 1. The fraction of sp³-hybridized carbons (Fsp3) is 0.467. The second kappa shape index (κ2) is 7.17. The van der Waals surface area contributed by atoms with E-state index in [1.165, 1.54) is 6.07 Å². The first-order valence-electron chi connectivity index (χ1n) is 7.11. The van der Waals surface area contributed by atoms with Gasteiger partial charge in [0.1, 0.15) is 5.82 Å². The van der Waals surface area contributed by atoms with Crippen molar-refractivity contribution in [2.45, 2.75) is 31.8 Å². The third-order valence-corrected chi connectivity index (χ3v) is 3.72. The number of halogens is 1. The van der Waals surface area contributed by atoms with Crippen molar-refractivity contribution in [2.75, 3.05) is 13.1 Å². The Morgan fingerprint density at radius 2 is 2.10 bits per heavy atom. The number of hydrogen-bond donors (Lipinski definition) is 2. The van der Waals surface area contributed by atoms with Gasteiger partial charge in [-0.2, -0.15) is 0 Å². The molecular formula is C15H20FN3O2. The molecule has 0 spiro atoms. The van der Waals surface area contributed by atoms with Gasteiger partial charge in [-0.25, -0.2) is 4.39 Å². The maximum absolute atomic E-state index is 13.4. The van der Waals surface area contributed by atoms with Crippen LogP contribution in [0.5, 0.6) is 0 Å². The van der Waals surface area contributed by atoms with Crippen LogP contribution >= 0.6 is 0 Å². The summed E-state index contributed by atoms with van der Waals surface area (Å²) in [6, 6.07) is 5.93. The van der Waals surface area contributed by atoms with Crippen molar-refractivity contribution >= 4 is 11.8 Å². The van der Waals surface area contributed by atoms with E-state index in [4.69, 9.17) is 5.73 Å². The quantitative estimate of drug-likeness (QED) is 0.842. The van der Waals surface area contributed by atoms with Crippen LogP contribution in [0.2, 0.25) is 0 Å². The molecule has 21 heavy (non-hydrogen) atoms. The predicted molar refractivity (Wildman–Crippen MR) is 76.7 cm³/mol. The molecule has 5 nitrogen and oxygen atoms in total. The first-order valence-corrected chi connectivity index (χ1v) is 7.11. The summed E-state index contributed by atoms with van der Waals surface area (Å²) in [7, 11) is 0. The molecule has 1 aromatic carbocycles. The largest absolute Gasteiger partial charge is 0.368 e. The topological polar surface area (TPSA) is 75.4 Å². The number of amides is 2. The zero-order chi connectivity index (χ0) is 15.2. The maximum atomic E-state index is 13.4. The number of rotatable bonds is 5. The maximum Gasteiger partial charge on any atom is 0.234 e. The highest BCUT2D eigenvalue weighted by Gasteiger charge is 2.28. The molecule has 3 N–H and O–H groups in total. The number of benzene rings is 1. The van der Waals surface area contributed by atoms with Gasteiger partial charge in [0.15, 0.2) is 0 Å². The number of carbonyl (C=O) groups is 2. The normalized spacial score (nSPS) is 19.2. The van der Waals surface area contributed by atoms with Gasteiger partial charge in [0.25, 0.3) is 0 Å². The molecule has 0 radical (unpaired) electrons. The summed E-state index contributed by atoms with van der Waals surface area (Å²) in [5.41, 5.74) is 5.80. The van der Waals surface area contributed by atoms with E-state index >= 15 is 0 Å². The Hall–Kier alpha value is -1.95. The zero-order valence-electron chi connectivity index (χ0n) is 11.8. The van der Waals surface area contributed by atoms with Gasteiger partial charge in [0, 0.05) is 12.1 Å². The molecule has 1 heterocycles. The summed E-state index contributed by atoms with van der Waals surface area (Å²) in [5.74, 6) is -0.964. The number of primary amides is 1. The van der Waals surface area contributed by atoms with Crippen LogP contribution in [0.3, 0.4) is 0 Å². The van der Waals surface area contributed by atoms with Crippen molar-refractivity contribution in [3.8, 4) is 0 Å². The molecule has 1 aromatic rings. The molecule has 0 bridgehead atoms. The number of nitrogens with two attached hydrogens (primary N) is 1. The fourth-order valence-corrected chi connectivity index (χ4v) is 2.58. The minimum absolute atomic E-state index is 0.113. The zero-order valence-corrected chi connectivity index (χ0v) is 11.8. The van der Waals surface area contributed by atoms with E-state index < -0.39 is 5.91 Å². The van der Waals surface area contributed by atoms with Gasteiger partial charge in [0.05, 0.1) is 12.6 Å². The molecule has 114 valence electrons.